The van der Waals surface area contributed by atoms with Crippen LogP contribution in [-0.4, -0.2) is 19.0 Å². The molecule has 0 saturated carbocycles. The highest BCUT2D eigenvalue weighted by atomic mass is 79.9. The molecule has 3 rings (SSSR count). The number of amides is 1. The largest absolute Gasteiger partial charge is 0.349 e. The number of rotatable bonds is 2. The van der Waals surface area contributed by atoms with E-state index < -0.39 is 0 Å². The maximum atomic E-state index is 12.1. The van der Waals surface area contributed by atoms with Gasteiger partial charge in [-0.15, -0.1) is 0 Å². The van der Waals surface area contributed by atoms with Crippen molar-refractivity contribution in [2.24, 2.45) is 5.92 Å². The van der Waals surface area contributed by atoms with Crippen LogP contribution in [0.2, 0.25) is 0 Å². The number of halogens is 1. The lowest BCUT2D eigenvalue weighted by Crippen LogP contribution is -2.34. The highest BCUT2D eigenvalue weighted by molar-refractivity contribution is 9.10. The van der Waals surface area contributed by atoms with Gasteiger partial charge in [0.15, 0.2) is 0 Å². The molecule has 1 heterocycles. The molecule has 0 spiro atoms. The van der Waals surface area contributed by atoms with Gasteiger partial charge in [0.25, 0.3) is 0 Å². The first-order chi connectivity index (χ1) is 8.75. The van der Waals surface area contributed by atoms with Crippen molar-refractivity contribution in [2.75, 3.05) is 13.1 Å². The van der Waals surface area contributed by atoms with Gasteiger partial charge < -0.3 is 10.6 Å². The zero-order valence-corrected chi connectivity index (χ0v) is 11.8. The molecule has 3 nitrogen and oxygen atoms in total. The molecule has 1 aliphatic carbocycles. The first-order valence-electron chi connectivity index (χ1n) is 6.54. The van der Waals surface area contributed by atoms with Gasteiger partial charge in [-0.05, 0) is 43.0 Å². The minimum Gasteiger partial charge on any atom is -0.349 e. The highest BCUT2D eigenvalue weighted by Crippen LogP contribution is 2.35. The van der Waals surface area contributed by atoms with Crippen molar-refractivity contribution >= 4 is 21.8 Å². The van der Waals surface area contributed by atoms with Crippen molar-refractivity contribution < 1.29 is 4.79 Å². The Morgan fingerprint density at radius 3 is 3.06 bits per heavy atom. The summed E-state index contributed by atoms with van der Waals surface area (Å²) in [7, 11) is 0. The standard InChI is InChI=1S/C14H17BrN2O/c15-12-3-1-2-11-10(12)4-5-13(11)17-14(18)9-6-7-16-8-9/h1-3,9,13,16H,4-8H2,(H,17,18). The average Bonchev–Trinajstić information content (AvgIpc) is 2.99. The summed E-state index contributed by atoms with van der Waals surface area (Å²) in [5.41, 5.74) is 2.64. The van der Waals surface area contributed by atoms with Crippen LogP contribution >= 0.6 is 15.9 Å². The normalized spacial score (nSPS) is 26.1. The quantitative estimate of drug-likeness (QED) is 0.879. The van der Waals surface area contributed by atoms with Gasteiger partial charge in [-0.1, -0.05) is 28.1 Å². The number of hydrogen-bond acceptors (Lipinski definition) is 2. The number of carbonyl (C=O) groups excluding carboxylic acids is 1. The summed E-state index contributed by atoms with van der Waals surface area (Å²) in [4.78, 5) is 12.1. The van der Waals surface area contributed by atoms with Crippen molar-refractivity contribution in [1.29, 1.82) is 0 Å². The predicted molar refractivity (Wildman–Crippen MR) is 74.3 cm³/mol. The number of benzene rings is 1. The lowest BCUT2D eigenvalue weighted by atomic mass is 10.1. The van der Waals surface area contributed by atoms with Crippen LogP contribution in [0.3, 0.4) is 0 Å². The Bertz CT molecular complexity index is 469. The maximum absolute atomic E-state index is 12.1. The summed E-state index contributed by atoms with van der Waals surface area (Å²) >= 11 is 3.58. The first-order valence-corrected chi connectivity index (χ1v) is 7.33. The zero-order chi connectivity index (χ0) is 12.5. The molecule has 1 aromatic carbocycles. The number of fused-ring (bicyclic) bond motifs is 1. The molecule has 2 atom stereocenters. The lowest BCUT2D eigenvalue weighted by molar-refractivity contribution is -0.125. The van der Waals surface area contributed by atoms with Crippen molar-refractivity contribution in [3.8, 4) is 0 Å². The van der Waals surface area contributed by atoms with Gasteiger partial charge in [-0.3, -0.25) is 4.79 Å². The van der Waals surface area contributed by atoms with Gasteiger partial charge in [0.2, 0.25) is 5.91 Å². The van der Waals surface area contributed by atoms with Crippen molar-refractivity contribution in [3.63, 3.8) is 0 Å². The summed E-state index contributed by atoms with van der Waals surface area (Å²) in [6.07, 6.45) is 3.03. The number of carbonyl (C=O) groups is 1. The fourth-order valence-corrected chi connectivity index (χ4v) is 3.51. The van der Waals surface area contributed by atoms with E-state index in [1.165, 1.54) is 15.6 Å². The molecule has 2 N–H and O–H groups in total. The predicted octanol–water partition coefficient (Wildman–Crippen LogP) is 2.16. The van der Waals surface area contributed by atoms with E-state index in [-0.39, 0.29) is 17.9 Å². The third-order valence-electron chi connectivity index (χ3n) is 3.96. The summed E-state index contributed by atoms with van der Waals surface area (Å²) < 4.78 is 1.17. The fourth-order valence-electron chi connectivity index (χ4n) is 2.93. The average molecular weight is 309 g/mol. The Kier molecular flexibility index (Phi) is 3.39. The zero-order valence-electron chi connectivity index (χ0n) is 10.2. The van der Waals surface area contributed by atoms with Crippen LogP contribution in [0.5, 0.6) is 0 Å². The Labute approximate surface area is 115 Å². The van der Waals surface area contributed by atoms with Crippen LogP contribution in [-0.2, 0) is 11.2 Å². The lowest BCUT2D eigenvalue weighted by Gasteiger charge is -2.17. The van der Waals surface area contributed by atoms with Crippen LogP contribution in [0.4, 0.5) is 0 Å². The molecule has 1 saturated heterocycles. The van der Waals surface area contributed by atoms with Gasteiger partial charge >= 0.3 is 0 Å². The van der Waals surface area contributed by atoms with Gasteiger partial charge in [0.1, 0.15) is 0 Å². The maximum Gasteiger partial charge on any atom is 0.224 e. The molecule has 96 valence electrons. The Morgan fingerprint density at radius 1 is 1.39 bits per heavy atom. The first kappa shape index (κ1) is 12.2. The summed E-state index contributed by atoms with van der Waals surface area (Å²) in [5, 5.41) is 6.44. The van der Waals surface area contributed by atoms with Crippen molar-refractivity contribution in [3.05, 3.63) is 33.8 Å². The SMILES string of the molecule is O=C(NC1CCc2c(Br)cccc21)C1CCNC1. The molecule has 0 radical (unpaired) electrons. The van der Waals surface area contributed by atoms with Gasteiger partial charge in [-0.25, -0.2) is 0 Å². The summed E-state index contributed by atoms with van der Waals surface area (Å²) in [5.74, 6) is 0.360. The van der Waals surface area contributed by atoms with Crippen LogP contribution in [0.15, 0.2) is 22.7 Å². The molecule has 0 bridgehead atoms. The molecule has 2 unspecified atom stereocenters. The number of nitrogens with one attached hydrogen (secondary N) is 2. The molecule has 1 aliphatic heterocycles. The Hall–Kier alpha value is -0.870. The molecule has 18 heavy (non-hydrogen) atoms. The van der Waals surface area contributed by atoms with E-state index in [4.69, 9.17) is 0 Å². The second-order valence-corrected chi connectivity index (χ2v) is 5.95. The van der Waals surface area contributed by atoms with E-state index in [0.717, 1.165) is 32.4 Å². The van der Waals surface area contributed by atoms with Crippen LogP contribution in [0.1, 0.15) is 30.0 Å². The van der Waals surface area contributed by atoms with E-state index in [9.17, 15) is 4.79 Å². The van der Waals surface area contributed by atoms with Crippen molar-refractivity contribution in [1.82, 2.24) is 10.6 Å². The number of hydrogen-bond donors (Lipinski definition) is 2. The minimum absolute atomic E-state index is 0.154. The smallest absolute Gasteiger partial charge is 0.224 e. The third-order valence-corrected chi connectivity index (χ3v) is 4.70. The second-order valence-electron chi connectivity index (χ2n) is 5.10. The molecule has 4 heteroatoms. The van der Waals surface area contributed by atoms with E-state index in [0.29, 0.717) is 0 Å². The molecular weight excluding hydrogens is 292 g/mol. The molecule has 1 aromatic rings. The topological polar surface area (TPSA) is 41.1 Å². The molecule has 1 amide bonds. The minimum atomic E-state index is 0.154. The van der Waals surface area contributed by atoms with Crippen LogP contribution in [0, 0.1) is 5.92 Å². The van der Waals surface area contributed by atoms with E-state index in [2.05, 4.69) is 38.7 Å². The van der Waals surface area contributed by atoms with Crippen LogP contribution < -0.4 is 10.6 Å². The molecule has 1 fully saturated rings. The van der Waals surface area contributed by atoms with Gasteiger partial charge in [0, 0.05) is 11.0 Å². The van der Waals surface area contributed by atoms with E-state index >= 15 is 0 Å². The van der Waals surface area contributed by atoms with E-state index in [1.807, 2.05) is 6.07 Å². The second kappa shape index (κ2) is 5.02. The highest BCUT2D eigenvalue weighted by Gasteiger charge is 2.29. The third kappa shape index (κ3) is 2.19. The molecule has 2 aliphatic rings. The van der Waals surface area contributed by atoms with Crippen LogP contribution in [0.25, 0.3) is 0 Å². The monoisotopic (exact) mass is 308 g/mol. The summed E-state index contributed by atoms with van der Waals surface area (Å²) in [6, 6.07) is 6.45. The van der Waals surface area contributed by atoms with Crippen molar-refractivity contribution in [2.45, 2.75) is 25.3 Å². The van der Waals surface area contributed by atoms with Gasteiger partial charge in [-0.2, -0.15) is 0 Å². The summed E-state index contributed by atoms with van der Waals surface area (Å²) in [6.45, 7) is 1.79. The van der Waals surface area contributed by atoms with Gasteiger partial charge in [0.05, 0.1) is 12.0 Å². The Morgan fingerprint density at radius 2 is 2.28 bits per heavy atom. The van der Waals surface area contributed by atoms with E-state index in [1.54, 1.807) is 0 Å². The molecular formula is C14H17BrN2O. The molecule has 0 aromatic heterocycles. The fraction of sp³-hybridized carbons (Fsp3) is 0.500. The Balaban J connectivity index is 1.72.